The molecule has 1 atom stereocenters. The maximum atomic E-state index is 12.4. The van der Waals surface area contributed by atoms with E-state index >= 15 is 0 Å². The Balaban J connectivity index is 1.61. The van der Waals surface area contributed by atoms with Gasteiger partial charge in [-0.15, -0.1) is 0 Å². The number of anilines is 1. The van der Waals surface area contributed by atoms with Crippen molar-refractivity contribution < 1.29 is 23.1 Å². The Bertz CT molecular complexity index is 807. The molecule has 0 aromatic heterocycles. The van der Waals surface area contributed by atoms with Gasteiger partial charge in [-0.1, -0.05) is 12.1 Å². The first-order valence-corrected chi connectivity index (χ1v) is 8.70. The molecule has 2 amide bonds. The molecule has 2 aromatic rings. The van der Waals surface area contributed by atoms with Crippen molar-refractivity contribution in [3.8, 4) is 5.75 Å². The van der Waals surface area contributed by atoms with E-state index in [9.17, 15) is 18.4 Å². The standard InChI is InChI=1S/C20H20F2N2O3/c1-13(14-6-10-17(11-7-14)27-20(21)22)23-19(26)15-4-8-16(9-5-15)24-12-2-3-18(24)25/h4-11,13,20H,2-3,12H2,1H3,(H,23,26). The van der Waals surface area contributed by atoms with Crippen LogP contribution in [0.3, 0.4) is 0 Å². The van der Waals surface area contributed by atoms with Gasteiger partial charge in [-0.05, 0) is 55.3 Å². The van der Waals surface area contributed by atoms with Gasteiger partial charge >= 0.3 is 6.61 Å². The number of carbonyl (C=O) groups excluding carboxylic acids is 2. The van der Waals surface area contributed by atoms with Crippen LogP contribution < -0.4 is 15.0 Å². The van der Waals surface area contributed by atoms with E-state index in [0.717, 1.165) is 17.7 Å². The fourth-order valence-corrected chi connectivity index (χ4v) is 3.02. The van der Waals surface area contributed by atoms with Gasteiger partial charge in [-0.2, -0.15) is 8.78 Å². The van der Waals surface area contributed by atoms with Gasteiger partial charge in [0.25, 0.3) is 5.91 Å². The van der Waals surface area contributed by atoms with E-state index in [1.165, 1.54) is 12.1 Å². The topological polar surface area (TPSA) is 58.6 Å². The number of hydrogen-bond donors (Lipinski definition) is 1. The monoisotopic (exact) mass is 374 g/mol. The molecule has 1 heterocycles. The number of hydrogen-bond acceptors (Lipinski definition) is 3. The lowest BCUT2D eigenvalue weighted by Gasteiger charge is -2.17. The molecule has 0 saturated carbocycles. The number of halogens is 2. The number of alkyl halides is 2. The lowest BCUT2D eigenvalue weighted by molar-refractivity contribution is -0.117. The van der Waals surface area contributed by atoms with Crippen molar-refractivity contribution in [2.75, 3.05) is 11.4 Å². The van der Waals surface area contributed by atoms with Gasteiger partial charge in [0.2, 0.25) is 5.91 Å². The van der Waals surface area contributed by atoms with Crippen LogP contribution in [0.25, 0.3) is 0 Å². The molecule has 1 aliphatic heterocycles. The molecule has 142 valence electrons. The molecule has 27 heavy (non-hydrogen) atoms. The van der Waals surface area contributed by atoms with Crippen molar-refractivity contribution in [1.29, 1.82) is 0 Å². The molecule has 2 aromatic carbocycles. The van der Waals surface area contributed by atoms with E-state index in [1.54, 1.807) is 48.2 Å². The lowest BCUT2D eigenvalue weighted by atomic mass is 10.1. The number of amides is 2. The molecule has 7 heteroatoms. The highest BCUT2D eigenvalue weighted by molar-refractivity contribution is 5.97. The lowest BCUT2D eigenvalue weighted by Crippen LogP contribution is -2.27. The molecule has 0 spiro atoms. The highest BCUT2D eigenvalue weighted by atomic mass is 19.3. The summed E-state index contributed by atoms with van der Waals surface area (Å²) in [5.74, 6) is -0.0888. The van der Waals surface area contributed by atoms with Crippen molar-refractivity contribution >= 4 is 17.5 Å². The minimum absolute atomic E-state index is 0.0688. The molecular formula is C20H20F2N2O3. The number of nitrogens with one attached hydrogen (secondary N) is 1. The van der Waals surface area contributed by atoms with E-state index in [2.05, 4.69) is 10.1 Å². The minimum Gasteiger partial charge on any atom is -0.435 e. The van der Waals surface area contributed by atoms with Crippen molar-refractivity contribution in [2.24, 2.45) is 0 Å². The fourth-order valence-electron chi connectivity index (χ4n) is 3.02. The van der Waals surface area contributed by atoms with Crippen LogP contribution in [0.2, 0.25) is 0 Å². The largest absolute Gasteiger partial charge is 0.435 e. The highest BCUT2D eigenvalue weighted by Crippen LogP contribution is 2.22. The summed E-state index contributed by atoms with van der Waals surface area (Å²) in [5.41, 5.74) is 2.04. The summed E-state index contributed by atoms with van der Waals surface area (Å²) in [7, 11) is 0. The molecular weight excluding hydrogens is 354 g/mol. The van der Waals surface area contributed by atoms with Crippen LogP contribution in [0.1, 0.15) is 41.7 Å². The van der Waals surface area contributed by atoms with Crippen LogP contribution in [0.5, 0.6) is 5.75 Å². The Kier molecular flexibility index (Phi) is 5.69. The van der Waals surface area contributed by atoms with Crippen molar-refractivity contribution in [2.45, 2.75) is 32.4 Å². The number of rotatable bonds is 6. The summed E-state index contributed by atoms with van der Waals surface area (Å²) >= 11 is 0. The van der Waals surface area contributed by atoms with E-state index in [1.807, 2.05) is 0 Å². The second kappa shape index (κ2) is 8.16. The van der Waals surface area contributed by atoms with Gasteiger partial charge in [0.05, 0.1) is 6.04 Å². The Labute approximate surface area is 155 Å². The predicted octanol–water partition coefficient (Wildman–Crippen LogP) is 3.91. The SMILES string of the molecule is CC(NC(=O)c1ccc(N2CCCC2=O)cc1)c1ccc(OC(F)F)cc1. The Morgan fingerprint density at radius 3 is 2.33 bits per heavy atom. The number of carbonyl (C=O) groups is 2. The maximum Gasteiger partial charge on any atom is 0.387 e. The third-order valence-corrected chi connectivity index (χ3v) is 4.47. The van der Waals surface area contributed by atoms with E-state index in [4.69, 9.17) is 0 Å². The molecule has 1 N–H and O–H groups in total. The minimum atomic E-state index is -2.87. The van der Waals surface area contributed by atoms with Crippen LogP contribution in [-0.4, -0.2) is 25.0 Å². The second-order valence-corrected chi connectivity index (χ2v) is 6.34. The summed E-state index contributed by atoms with van der Waals surface area (Å²) < 4.78 is 28.7. The number of nitrogens with zero attached hydrogens (tertiary/aromatic N) is 1. The average molecular weight is 374 g/mol. The number of ether oxygens (including phenoxy) is 1. The zero-order valence-corrected chi connectivity index (χ0v) is 14.8. The van der Waals surface area contributed by atoms with Crippen LogP contribution in [-0.2, 0) is 4.79 Å². The molecule has 3 rings (SSSR count). The van der Waals surface area contributed by atoms with Crippen molar-refractivity contribution in [1.82, 2.24) is 5.32 Å². The highest BCUT2D eigenvalue weighted by Gasteiger charge is 2.21. The van der Waals surface area contributed by atoms with Gasteiger partial charge < -0.3 is 15.0 Å². The molecule has 1 fully saturated rings. The Hall–Kier alpha value is -2.96. The summed E-state index contributed by atoms with van der Waals surface area (Å²) in [5, 5.41) is 2.86. The molecule has 1 saturated heterocycles. The van der Waals surface area contributed by atoms with Crippen LogP contribution in [0.4, 0.5) is 14.5 Å². The van der Waals surface area contributed by atoms with E-state index < -0.39 is 6.61 Å². The maximum absolute atomic E-state index is 12.4. The van der Waals surface area contributed by atoms with Gasteiger partial charge in [0, 0.05) is 24.2 Å². The van der Waals surface area contributed by atoms with Gasteiger partial charge in [0.15, 0.2) is 0 Å². The molecule has 0 radical (unpaired) electrons. The average Bonchev–Trinajstić information content (AvgIpc) is 3.08. The summed E-state index contributed by atoms with van der Waals surface area (Å²) in [6.07, 6.45) is 1.40. The van der Waals surface area contributed by atoms with Crippen molar-refractivity contribution in [3.05, 3.63) is 59.7 Å². The normalized spacial score (nSPS) is 15.1. The Morgan fingerprint density at radius 1 is 1.11 bits per heavy atom. The third-order valence-electron chi connectivity index (χ3n) is 4.47. The zero-order valence-electron chi connectivity index (χ0n) is 14.8. The molecule has 1 aliphatic rings. The molecule has 1 unspecified atom stereocenters. The first kappa shape index (κ1) is 18.8. The summed E-state index contributed by atoms with van der Waals surface area (Å²) in [4.78, 5) is 25.9. The molecule has 5 nitrogen and oxygen atoms in total. The fraction of sp³-hybridized carbons (Fsp3) is 0.300. The van der Waals surface area contributed by atoms with Crippen LogP contribution in [0, 0.1) is 0 Å². The molecule has 0 aliphatic carbocycles. The molecule has 0 bridgehead atoms. The van der Waals surface area contributed by atoms with Crippen LogP contribution >= 0.6 is 0 Å². The van der Waals surface area contributed by atoms with Gasteiger partial charge in [-0.3, -0.25) is 9.59 Å². The quantitative estimate of drug-likeness (QED) is 0.834. The number of benzene rings is 2. The second-order valence-electron chi connectivity index (χ2n) is 6.34. The van der Waals surface area contributed by atoms with E-state index in [0.29, 0.717) is 18.5 Å². The summed E-state index contributed by atoms with van der Waals surface area (Å²) in [6.45, 7) is -0.364. The van der Waals surface area contributed by atoms with Crippen LogP contribution in [0.15, 0.2) is 48.5 Å². The predicted molar refractivity (Wildman–Crippen MR) is 97.0 cm³/mol. The third kappa shape index (κ3) is 4.61. The summed E-state index contributed by atoms with van der Waals surface area (Å²) in [6, 6.07) is 12.7. The van der Waals surface area contributed by atoms with Gasteiger partial charge in [-0.25, -0.2) is 0 Å². The van der Waals surface area contributed by atoms with Crippen molar-refractivity contribution in [3.63, 3.8) is 0 Å². The Morgan fingerprint density at radius 2 is 1.78 bits per heavy atom. The first-order valence-electron chi connectivity index (χ1n) is 8.70. The van der Waals surface area contributed by atoms with E-state index in [-0.39, 0.29) is 23.6 Å². The zero-order chi connectivity index (χ0) is 19.4. The first-order chi connectivity index (χ1) is 12.9. The van der Waals surface area contributed by atoms with Gasteiger partial charge in [0.1, 0.15) is 5.75 Å². The smallest absolute Gasteiger partial charge is 0.387 e.